The minimum atomic E-state index is -0.143. The van der Waals surface area contributed by atoms with Gasteiger partial charge in [0, 0.05) is 44.4 Å². The van der Waals surface area contributed by atoms with E-state index in [1.807, 2.05) is 30.3 Å². The van der Waals surface area contributed by atoms with E-state index in [2.05, 4.69) is 21.5 Å². The van der Waals surface area contributed by atoms with Gasteiger partial charge >= 0.3 is 0 Å². The van der Waals surface area contributed by atoms with Gasteiger partial charge in [0.15, 0.2) is 0 Å². The number of carbonyl (C=O) groups is 1. The van der Waals surface area contributed by atoms with Crippen molar-refractivity contribution in [2.45, 2.75) is 13.0 Å². The predicted molar refractivity (Wildman–Crippen MR) is 91.7 cm³/mol. The number of rotatable bonds is 6. The van der Waals surface area contributed by atoms with Crippen molar-refractivity contribution in [3.8, 4) is 0 Å². The number of ether oxygens (including phenoxy) is 1. The molecule has 0 aliphatic heterocycles. The Labute approximate surface area is 140 Å². The summed E-state index contributed by atoms with van der Waals surface area (Å²) in [5, 5.41) is 8.28. The number of para-hydroxylation sites is 1. The molecule has 3 aromatic rings. The number of hydrogen-bond acceptors (Lipinski definition) is 4. The second-order valence-electron chi connectivity index (χ2n) is 5.60. The summed E-state index contributed by atoms with van der Waals surface area (Å²) < 4.78 is 6.70. The van der Waals surface area contributed by atoms with E-state index in [0.717, 1.165) is 16.6 Å². The van der Waals surface area contributed by atoms with Crippen molar-refractivity contribution in [3.63, 3.8) is 0 Å². The first-order chi connectivity index (χ1) is 11.7. The fourth-order valence-electron chi connectivity index (χ4n) is 2.61. The van der Waals surface area contributed by atoms with Gasteiger partial charge in [-0.05, 0) is 12.1 Å². The fourth-order valence-corrected chi connectivity index (χ4v) is 2.61. The average molecular weight is 324 g/mol. The number of amides is 1. The Balaban J connectivity index is 1.62. The summed E-state index contributed by atoms with van der Waals surface area (Å²) in [5.74, 6) is -0.143. The summed E-state index contributed by atoms with van der Waals surface area (Å²) in [6, 6.07) is 12.0. The predicted octanol–water partition coefficient (Wildman–Crippen LogP) is 2.09. The molecule has 0 saturated carbocycles. The largest absolute Gasteiger partial charge is 0.378 e. The summed E-state index contributed by atoms with van der Waals surface area (Å²) in [6.07, 6.45) is 2.38. The second-order valence-corrected chi connectivity index (χ2v) is 5.60. The maximum Gasteiger partial charge on any atom is 0.254 e. The van der Waals surface area contributed by atoms with Gasteiger partial charge in [-0.1, -0.05) is 24.3 Å². The molecule has 0 saturated heterocycles. The Morgan fingerprint density at radius 3 is 2.92 bits per heavy atom. The summed E-state index contributed by atoms with van der Waals surface area (Å²) in [5.41, 5.74) is 3.11. The summed E-state index contributed by atoms with van der Waals surface area (Å²) in [7, 11) is 3.37. The fraction of sp³-hybridized carbons (Fsp3) is 0.278. The van der Waals surface area contributed by atoms with Crippen LogP contribution in [0, 0.1) is 0 Å². The lowest BCUT2D eigenvalue weighted by molar-refractivity contribution is 0.0949. The topological polar surface area (TPSA) is 69.0 Å². The van der Waals surface area contributed by atoms with Gasteiger partial charge in [0.05, 0.1) is 17.7 Å². The summed E-state index contributed by atoms with van der Waals surface area (Å²) in [4.78, 5) is 16.9. The Morgan fingerprint density at radius 1 is 1.25 bits per heavy atom. The lowest BCUT2D eigenvalue weighted by Gasteiger charge is -2.06. The standard InChI is InChI=1S/C18H20N4O2/c1-22-11-15(17(21-22)12-24-2)18(23)19-10-9-14-8-7-13-5-3-4-6-16(13)20-14/h3-8,11H,9-10,12H2,1-2H3,(H,19,23). The van der Waals surface area contributed by atoms with Gasteiger partial charge in [0.25, 0.3) is 5.91 Å². The molecule has 1 aromatic carbocycles. The number of aryl methyl sites for hydroxylation is 1. The van der Waals surface area contributed by atoms with Gasteiger partial charge < -0.3 is 10.1 Å². The number of methoxy groups -OCH3 is 1. The molecule has 1 amide bonds. The van der Waals surface area contributed by atoms with Crippen LogP contribution >= 0.6 is 0 Å². The van der Waals surface area contributed by atoms with Crippen LogP contribution in [0.1, 0.15) is 21.7 Å². The molecule has 0 radical (unpaired) electrons. The maximum absolute atomic E-state index is 12.3. The van der Waals surface area contributed by atoms with E-state index in [1.165, 1.54) is 0 Å². The van der Waals surface area contributed by atoms with E-state index in [0.29, 0.717) is 30.8 Å². The molecule has 0 aliphatic carbocycles. The van der Waals surface area contributed by atoms with Crippen LogP contribution in [0.4, 0.5) is 0 Å². The molecule has 3 rings (SSSR count). The molecular weight excluding hydrogens is 304 g/mol. The third-order valence-electron chi connectivity index (χ3n) is 3.75. The highest BCUT2D eigenvalue weighted by molar-refractivity contribution is 5.95. The molecule has 6 nitrogen and oxygen atoms in total. The van der Waals surface area contributed by atoms with E-state index >= 15 is 0 Å². The van der Waals surface area contributed by atoms with E-state index in [1.54, 1.807) is 25.0 Å². The van der Waals surface area contributed by atoms with Gasteiger partial charge in [-0.25, -0.2) is 0 Å². The van der Waals surface area contributed by atoms with Crippen LogP contribution in [-0.4, -0.2) is 34.3 Å². The van der Waals surface area contributed by atoms with E-state index in [9.17, 15) is 4.79 Å². The lowest BCUT2D eigenvalue weighted by atomic mass is 10.2. The number of fused-ring (bicyclic) bond motifs is 1. The van der Waals surface area contributed by atoms with Crippen LogP contribution in [0.5, 0.6) is 0 Å². The van der Waals surface area contributed by atoms with Crippen LogP contribution < -0.4 is 5.32 Å². The van der Waals surface area contributed by atoms with Crippen LogP contribution in [-0.2, 0) is 24.8 Å². The van der Waals surface area contributed by atoms with Crippen molar-refractivity contribution in [2.24, 2.45) is 7.05 Å². The van der Waals surface area contributed by atoms with Gasteiger partial charge in [-0.2, -0.15) is 5.10 Å². The molecule has 6 heteroatoms. The molecule has 24 heavy (non-hydrogen) atoms. The van der Waals surface area contributed by atoms with E-state index in [-0.39, 0.29) is 5.91 Å². The third kappa shape index (κ3) is 3.60. The SMILES string of the molecule is COCc1nn(C)cc1C(=O)NCCc1ccc2ccccc2n1. The third-order valence-corrected chi connectivity index (χ3v) is 3.75. The number of nitrogens with one attached hydrogen (secondary N) is 1. The van der Waals surface area contributed by atoms with Gasteiger partial charge in [0.1, 0.15) is 5.69 Å². The quantitative estimate of drug-likeness (QED) is 0.754. The van der Waals surface area contributed by atoms with Crippen molar-refractivity contribution in [3.05, 3.63) is 59.5 Å². The Kier molecular flexibility index (Phi) is 4.86. The smallest absolute Gasteiger partial charge is 0.254 e. The zero-order valence-corrected chi connectivity index (χ0v) is 13.8. The van der Waals surface area contributed by atoms with Gasteiger partial charge in [-0.3, -0.25) is 14.5 Å². The number of aromatic nitrogens is 3. The van der Waals surface area contributed by atoms with Crippen LogP contribution in [0.25, 0.3) is 10.9 Å². The molecule has 0 unspecified atom stereocenters. The first kappa shape index (κ1) is 16.1. The highest BCUT2D eigenvalue weighted by Gasteiger charge is 2.15. The van der Waals surface area contributed by atoms with Crippen molar-refractivity contribution in [1.29, 1.82) is 0 Å². The molecule has 0 bridgehead atoms. The second kappa shape index (κ2) is 7.23. The molecule has 2 heterocycles. The number of pyridine rings is 1. The van der Waals surface area contributed by atoms with Gasteiger partial charge in [0.2, 0.25) is 0 Å². The number of nitrogens with zero attached hydrogens (tertiary/aromatic N) is 3. The molecule has 124 valence electrons. The lowest BCUT2D eigenvalue weighted by Crippen LogP contribution is -2.26. The molecule has 0 atom stereocenters. The zero-order chi connectivity index (χ0) is 16.9. The average Bonchev–Trinajstić information content (AvgIpc) is 2.95. The van der Waals surface area contributed by atoms with Crippen molar-refractivity contribution < 1.29 is 9.53 Å². The number of carbonyl (C=O) groups excluding carboxylic acids is 1. The van der Waals surface area contributed by atoms with E-state index in [4.69, 9.17) is 4.74 Å². The minimum absolute atomic E-state index is 0.143. The molecule has 0 aliphatic rings. The van der Waals surface area contributed by atoms with E-state index < -0.39 is 0 Å². The molecular formula is C18H20N4O2. The van der Waals surface area contributed by atoms with Crippen molar-refractivity contribution in [2.75, 3.05) is 13.7 Å². The van der Waals surface area contributed by atoms with Crippen molar-refractivity contribution in [1.82, 2.24) is 20.1 Å². The normalized spacial score (nSPS) is 10.9. The first-order valence-corrected chi connectivity index (χ1v) is 7.81. The Morgan fingerprint density at radius 2 is 2.08 bits per heavy atom. The highest BCUT2D eigenvalue weighted by Crippen LogP contribution is 2.12. The molecule has 0 fully saturated rings. The zero-order valence-electron chi connectivity index (χ0n) is 13.8. The molecule has 1 N–H and O–H groups in total. The summed E-state index contributed by atoms with van der Waals surface area (Å²) in [6.45, 7) is 0.835. The first-order valence-electron chi connectivity index (χ1n) is 7.81. The molecule has 0 spiro atoms. The summed E-state index contributed by atoms with van der Waals surface area (Å²) >= 11 is 0. The van der Waals surface area contributed by atoms with Crippen molar-refractivity contribution >= 4 is 16.8 Å². The minimum Gasteiger partial charge on any atom is -0.378 e. The van der Waals surface area contributed by atoms with Crippen LogP contribution in [0.15, 0.2) is 42.6 Å². The van der Waals surface area contributed by atoms with Crippen LogP contribution in [0.2, 0.25) is 0 Å². The Hall–Kier alpha value is -2.73. The highest BCUT2D eigenvalue weighted by atomic mass is 16.5. The number of hydrogen-bond donors (Lipinski definition) is 1. The Bertz CT molecular complexity index is 857. The van der Waals surface area contributed by atoms with Gasteiger partial charge in [-0.15, -0.1) is 0 Å². The maximum atomic E-state index is 12.3. The van der Waals surface area contributed by atoms with Crippen LogP contribution in [0.3, 0.4) is 0 Å². The number of benzene rings is 1. The molecule has 2 aromatic heterocycles. The monoisotopic (exact) mass is 324 g/mol.